The minimum absolute atomic E-state index is 0.103. The van der Waals surface area contributed by atoms with Gasteiger partial charge in [-0.2, -0.15) is 0 Å². The van der Waals surface area contributed by atoms with Gasteiger partial charge >= 0.3 is 0 Å². The average Bonchev–Trinajstić information content (AvgIpc) is 2.46. The molecule has 3 nitrogen and oxygen atoms in total. The maximum atomic E-state index is 13.2. The van der Waals surface area contributed by atoms with Gasteiger partial charge in [0, 0.05) is 0 Å². The fourth-order valence-electron chi connectivity index (χ4n) is 2.25. The monoisotopic (exact) mass is 274 g/mol. The summed E-state index contributed by atoms with van der Waals surface area (Å²) in [5, 5.41) is 3.02. The third kappa shape index (κ3) is 2.22. The number of amides is 1. The van der Waals surface area contributed by atoms with Gasteiger partial charge < -0.3 is 10.2 Å². The van der Waals surface area contributed by atoms with Gasteiger partial charge in [0.25, 0.3) is 0 Å². The normalized spacial score (nSPS) is 13.9. The number of carbonyl (C=O) groups is 1. The second-order valence-electron chi connectivity index (χ2n) is 4.60. The first kappa shape index (κ1) is 12.6. The average molecular weight is 274 g/mol. The SMILES string of the molecule is O=C1CNc2ccccc2N1Cc1ccc(F)c(F)c1. The molecule has 2 aromatic carbocycles. The first-order chi connectivity index (χ1) is 9.65. The van der Waals surface area contributed by atoms with Crippen LogP contribution in [0.4, 0.5) is 20.2 Å². The van der Waals surface area contributed by atoms with E-state index < -0.39 is 11.6 Å². The molecule has 0 saturated carbocycles. The van der Waals surface area contributed by atoms with Crippen molar-refractivity contribution in [2.24, 2.45) is 0 Å². The summed E-state index contributed by atoms with van der Waals surface area (Å²) in [6.45, 7) is 0.412. The fourth-order valence-corrected chi connectivity index (χ4v) is 2.25. The highest BCUT2D eigenvalue weighted by Crippen LogP contribution is 2.30. The van der Waals surface area contributed by atoms with Crippen LogP contribution in [-0.4, -0.2) is 12.5 Å². The van der Waals surface area contributed by atoms with E-state index in [0.717, 1.165) is 23.5 Å². The summed E-state index contributed by atoms with van der Waals surface area (Å²) in [7, 11) is 0. The molecule has 0 unspecified atom stereocenters. The number of nitrogens with zero attached hydrogens (tertiary/aromatic N) is 1. The zero-order valence-electron chi connectivity index (χ0n) is 10.6. The summed E-state index contributed by atoms with van der Waals surface area (Å²) < 4.78 is 26.2. The number of hydrogen-bond donors (Lipinski definition) is 1. The molecule has 1 amide bonds. The van der Waals surface area contributed by atoms with Gasteiger partial charge in [0.1, 0.15) is 0 Å². The van der Waals surface area contributed by atoms with Crippen molar-refractivity contribution in [2.75, 3.05) is 16.8 Å². The van der Waals surface area contributed by atoms with Crippen LogP contribution in [0.15, 0.2) is 42.5 Å². The van der Waals surface area contributed by atoms with E-state index >= 15 is 0 Å². The highest BCUT2D eigenvalue weighted by molar-refractivity contribution is 6.02. The predicted octanol–water partition coefficient (Wildman–Crippen LogP) is 2.92. The molecule has 1 N–H and O–H groups in total. The van der Waals surface area contributed by atoms with Crippen LogP contribution in [0.5, 0.6) is 0 Å². The summed E-state index contributed by atoms with van der Waals surface area (Å²) in [5.74, 6) is -1.90. The third-order valence-corrected chi connectivity index (χ3v) is 3.25. The number of nitrogens with one attached hydrogen (secondary N) is 1. The Bertz CT molecular complexity index is 673. The number of benzene rings is 2. The van der Waals surface area contributed by atoms with Gasteiger partial charge in [-0.1, -0.05) is 18.2 Å². The molecule has 0 saturated heterocycles. The van der Waals surface area contributed by atoms with Crippen molar-refractivity contribution in [3.8, 4) is 0 Å². The molecule has 5 heteroatoms. The summed E-state index contributed by atoms with van der Waals surface area (Å²) in [6, 6.07) is 11.1. The van der Waals surface area contributed by atoms with Gasteiger partial charge in [-0.05, 0) is 29.8 Å². The Morgan fingerprint density at radius 3 is 2.70 bits per heavy atom. The Kier molecular flexibility index (Phi) is 3.10. The topological polar surface area (TPSA) is 32.3 Å². The van der Waals surface area contributed by atoms with Crippen molar-refractivity contribution in [1.82, 2.24) is 0 Å². The van der Waals surface area contributed by atoms with Gasteiger partial charge in [-0.25, -0.2) is 8.78 Å². The number of para-hydroxylation sites is 2. The molecule has 3 rings (SSSR count). The summed E-state index contributed by atoms with van der Waals surface area (Å²) in [4.78, 5) is 13.6. The van der Waals surface area contributed by atoms with Crippen LogP contribution < -0.4 is 10.2 Å². The highest BCUT2D eigenvalue weighted by Gasteiger charge is 2.23. The second-order valence-corrected chi connectivity index (χ2v) is 4.60. The molecule has 1 heterocycles. The lowest BCUT2D eigenvalue weighted by Crippen LogP contribution is -2.39. The van der Waals surface area contributed by atoms with Crippen LogP contribution in [-0.2, 0) is 11.3 Å². The van der Waals surface area contributed by atoms with Crippen LogP contribution in [0.2, 0.25) is 0 Å². The fraction of sp³-hybridized carbons (Fsp3) is 0.133. The number of anilines is 2. The number of rotatable bonds is 2. The molecule has 1 aliphatic heterocycles. The molecule has 0 radical (unpaired) electrons. The smallest absolute Gasteiger partial charge is 0.246 e. The van der Waals surface area contributed by atoms with Gasteiger partial charge in [0.2, 0.25) is 5.91 Å². The lowest BCUT2D eigenvalue weighted by molar-refractivity contribution is -0.117. The highest BCUT2D eigenvalue weighted by atomic mass is 19.2. The van der Waals surface area contributed by atoms with Crippen molar-refractivity contribution in [3.63, 3.8) is 0 Å². The Balaban J connectivity index is 1.93. The van der Waals surface area contributed by atoms with E-state index in [1.54, 1.807) is 4.90 Å². The first-order valence-electron chi connectivity index (χ1n) is 6.22. The molecule has 20 heavy (non-hydrogen) atoms. The van der Waals surface area contributed by atoms with Crippen LogP contribution in [0.25, 0.3) is 0 Å². The number of fused-ring (bicyclic) bond motifs is 1. The second kappa shape index (κ2) is 4.92. The van der Waals surface area contributed by atoms with Crippen molar-refractivity contribution >= 4 is 17.3 Å². The Hall–Kier alpha value is -2.43. The largest absolute Gasteiger partial charge is 0.374 e. The van der Waals surface area contributed by atoms with Gasteiger partial charge in [0.05, 0.1) is 24.5 Å². The maximum Gasteiger partial charge on any atom is 0.246 e. The van der Waals surface area contributed by atoms with E-state index in [9.17, 15) is 13.6 Å². The van der Waals surface area contributed by atoms with Crippen molar-refractivity contribution in [1.29, 1.82) is 0 Å². The molecule has 0 fully saturated rings. The van der Waals surface area contributed by atoms with Crippen LogP contribution in [0.1, 0.15) is 5.56 Å². The number of carbonyl (C=O) groups excluding carboxylic acids is 1. The van der Waals surface area contributed by atoms with Gasteiger partial charge in [-0.3, -0.25) is 4.79 Å². The van der Waals surface area contributed by atoms with E-state index in [4.69, 9.17) is 0 Å². The molecule has 0 aromatic heterocycles. The van der Waals surface area contributed by atoms with Crippen molar-refractivity contribution in [2.45, 2.75) is 6.54 Å². The van der Waals surface area contributed by atoms with E-state index in [2.05, 4.69) is 5.32 Å². The standard InChI is InChI=1S/C15H12F2N2O/c16-11-6-5-10(7-12(11)17)9-19-14-4-2-1-3-13(14)18-8-15(19)20/h1-7,18H,8-9H2. The minimum Gasteiger partial charge on any atom is -0.374 e. The lowest BCUT2D eigenvalue weighted by atomic mass is 10.1. The lowest BCUT2D eigenvalue weighted by Gasteiger charge is -2.30. The molecular weight excluding hydrogens is 262 g/mol. The Labute approximate surface area is 114 Å². The summed E-state index contributed by atoms with van der Waals surface area (Å²) in [6.07, 6.45) is 0. The van der Waals surface area contributed by atoms with Crippen molar-refractivity contribution in [3.05, 3.63) is 59.7 Å². The summed E-state index contributed by atoms with van der Waals surface area (Å²) in [5.41, 5.74) is 2.15. The molecule has 102 valence electrons. The maximum absolute atomic E-state index is 13.2. The predicted molar refractivity (Wildman–Crippen MR) is 72.5 cm³/mol. The van der Waals surface area contributed by atoms with Crippen molar-refractivity contribution < 1.29 is 13.6 Å². The van der Waals surface area contributed by atoms with E-state index in [1.807, 2.05) is 24.3 Å². The molecule has 2 aromatic rings. The zero-order valence-corrected chi connectivity index (χ0v) is 10.6. The van der Waals surface area contributed by atoms with Gasteiger partial charge in [0.15, 0.2) is 11.6 Å². The Morgan fingerprint density at radius 2 is 1.90 bits per heavy atom. The van der Waals surface area contributed by atoms with E-state index in [0.29, 0.717) is 5.56 Å². The molecule has 0 atom stereocenters. The minimum atomic E-state index is -0.904. The van der Waals surface area contributed by atoms with Gasteiger partial charge in [-0.15, -0.1) is 0 Å². The molecular formula is C15H12F2N2O. The van der Waals surface area contributed by atoms with E-state index in [-0.39, 0.29) is 19.0 Å². The van der Waals surface area contributed by atoms with Crippen LogP contribution in [0, 0.1) is 11.6 Å². The molecule has 0 spiro atoms. The van der Waals surface area contributed by atoms with Crippen LogP contribution >= 0.6 is 0 Å². The quantitative estimate of drug-likeness (QED) is 0.913. The molecule has 0 bridgehead atoms. The molecule has 1 aliphatic rings. The Morgan fingerprint density at radius 1 is 1.10 bits per heavy atom. The zero-order chi connectivity index (χ0) is 14.1. The molecule has 0 aliphatic carbocycles. The number of halogens is 2. The van der Waals surface area contributed by atoms with E-state index in [1.165, 1.54) is 6.07 Å². The number of hydrogen-bond acceptors (Lipinski definition) is 2. The third-order valence-electron chi connectivity index (χ3n) is 3.25. The van der Waals surface area contributed by atoms with Crippen LogP contribution in [0.3, 0.4) is 0 Å². The summed E-state index contributed by atoms with van der Waals surface area (Å²) >= 11 is 0. The first-order valence-corrected chi connectivity index (χ1v) is 6.22.